The van der Waals surface area contributed by atoms with E-state index in [2.05, 4.69) is 4.18 Å². The van der Waals surface area contributed by atoms with E-state index in [1.54, 1.807) is 20.8 Å². The number of fused-ring (bicyclic) bond motifs is 1. The van der Waals surface area contributed by atoms with Crippen molar-refractivity contribution in [2.24, 2.45) is 0 Å². The van der Waals surface area contributed by atoms with Crippen LogP contribution in [-0.4, -0.2) is 25.5 Å². The predicted octanol–water partition coefficient (Wildman–Crippen LogP) is 4.40. The van der Waals surface area contributed by atoms with Gasteiger partial charge in [0.2, 0.25) is 0 Å². The Morgan fingerprint density at radius 1 is 1.11 bits per heavy atom. The molecule has 0 saturated carbocycles. The third-order valence-electron chi connectivity index (χ3n) is 3.64. The van der Waals surface area contributed by atoms with Crippen LogP contribution in [-0.2, 0) is 26.1 Å². The molecule has 0 saturated heterocycles. The third kappa shape index (κ3) is 4.92. The number of ether oxygens (including phenoxy) is 1. The number of carbonyl (C=O) groups is 1. The van der Waals surface area contributed by atoms with E-state index in [0.29, 0.717) is 0 Å². The molecule has 0 amide bonds. The van der Waals surface area contributed by atoms with Crippen LogP contribution in [0, 0.1) is 12.7 Å². The first kappa shape index (κ1) is 21.9. The fourth-order valence-corrected chi connectivity index (χ4v) is 3.00. The van der Waals surface area contributed by atoms with Crippen LogP contribution < -0.4 is 4.18 Å². The van der Waals surface area contributed by atoms with Gasteiger partial charge in [-0.25, -0.2) is 4.39 Å². The van der Waals surface area contributed by atoms with Crippen molar-refractivity contribution in [1.29, 1.82) is 0 Å². The van der Waals surface area contributed by atoms with Crippen molar-refractivity contribution in [3.63, 3.8) is 0 Å². The molecule has 0 aliphatic heterocycles. The zero-order valence-electron chi connectivity index (χ0n) is 15.5. The van der Waals surface area contributed by atoms with Gasteiger partial charge in [-0.2, -0.15) is 21.6 Å². The summed E-state index contributed by atoms with van der Waals surface area (Å²) >= 11 is 0. The molecule has 0 aliphatic carbocycles. The third-order valence-corrected chi connectivity index (χ3v) is 4.60. The summed E-state index contributed by atoms with van der Waals surface area (Å²) in [6, 6.07) is 4.61. The van der Waals surface area contributed by atoms with Crippen LogP contribution in [0.4, 0.5) is 17.6 Å². The van der Waals surface area contributed by atoms with Gasteiger partial charge in [0.25, 0.3) is 0 Å². The molecule has 0 aliphatic rings. The lowest BCUT2D eigenvalue weighted by Gasteiger charge is -2.21. The Kier molecular flexibility index (Phi) is 5.66. The summed E-state index contributed by atoms with van der Waals surface area (Å²) in [5.41, 5.74) is -6.30. The number of rotatable bonds is 4. The summed E-state index contributed by atoms with van der Waals surface area (Å²) in [6.45, 7) is 6.22. The highest BCUT2D eigenvalue weighted by Crippen LogP contribution is 2.37. The molecule has 0 fully saturated rings. The van der Waals surface area contributed by atoms with Gasteiger partial charge in [-0.05, 0) is 56.3 Å². The van der Waals surface area contributed by atoms with Crippen LogP contribution in [0.2, 0.25) is 0 Å². The molecular formula is C18H18F4O5S. The van der Waals surface area contributed by atoms with E-state index in [4.69, 9.17) is 4.74 Å². The van der Waals surface area contributed by atoms with Gasteiger partial charge in [-0.3, -0.25) is 4.79 Å². The minimum absolute atomic E-state index is 0.0446. The van der Waals surface area contributed by atoms with Crippen molar-refractivity contribution in [2.45, 2.75) is 45.2 Å². The second-order valence-electron chi connectivity index (χ2n) is 7.10. The normalized spacial score (nSPS) is 12.9. The summed E-state index contributed by atoms with van der Waals surface area (Å²) in [5, 5.41) is 0.0381. The van der Waals surface area contributed by atoms with Crippen molar-refractivity contribution in [2.75, 3.05) is 0 Å². The Hall–Kier alpha value is -2.36. The van der Waals surface area contributed by atoms with E-state index >= 15 is 0 Å². The molecule has 0 N–H and O–H groups in total. The highest BCUT2D eigenvalue weighted by Gasteiger charge is 2.49. The van der Waals surface area contributed by atoms with Gasteiger partial charge in [-0.1, -0.05) is 12.1 Å². The van der Waals surface area contributed by atoms with Crippen molar-refractivity contribution >= 4 is 26.9 Å². The smallest absolute Gasteiger partial charge is 0.460 e. The van der Waals surface area contributed by atoms with Crippen molar-refractivity contribution in [3.05, 3.63) is 41.2 Å². The molecule has 0 aromatic heterocycles. The molecule has 2 aromatic carbocycles. The van der Waals surface area contributed by atoms with E-state index in [-0.39, 0.29) is 28.3 Å². The molecule has 0 heterocycles. The number of esters is 1. The zero-order chi connectivity index (χ0) is 21.5. The number of hydrogen-bond donors (Lipinski definition) is 0. The first-order valence-electron chi connectivity index (χ1n) is 8.05. The Balaban J connectivity index is 2.62. The van der Waals surface area contributed by atoms with E-state index in [1.807, 2.05) is 0 Å². The largest absolute Gasteiger partial charge is 0.534 e. The lowest BCUT2D eigenvalue weighted by molar-refractivity contribution is -0.153. The molecular weight excluding hydrogens is 404 g/mol. The Bertz CT molecular complexity index is 1020. The summed E-state index contributed by atoms with van der Waals surface area (Å²) in [7, 11) is -5.99. The summed E-state index contributed by atoms with van der Waals surface area (Å²) in [5.74, 6) is -2.14. The molecule has 28 heavy (non-hydrogen) atoms. The van der Waals surface area contributed by atoms with E-state index in [9.17, 15) is 30.8 Å². The molecule has 0 unspecified atom stereocenters. The lowest BCUT2D eigenvalue weighted by atomic mass is 9.98. The lowest BCUT2D eigenvalue weighted by Crippen LogP contribution is -2.28. The SMILES string of the molecule is Cc1c(CC(=O)OC(C)(C)C)cc2ccc(F)cc2c1OS(=O)(=O)C(F)(F)F. The predicted molar refractivity (Wildman–Crippen MR) is 93.8 cm³/mol. The molecule has 2 aromatic rings. The second kappa shape index (κ2) is 7.23. The fraction of sp³-hybridized carbons (Fsp3) is 0.389. The van der Waals surface area contributed by atoms with Crippen molar-refractivity contribution in [1.82, 2.24) is 0 Å². The van der Waals surface area contributed by atoms with Crippen molar-refractivity contribution < 1.29 is 39.7 Å². The van der Waals surface area contributed by atoms with Crippen molar-refractivity contribution in [3.8, 4) is 5.75 Å². The fourth-order valence-electron chi connectivity index (χ4n) is 2.48. The van der Waals surface area contributed by atoms with Crippen LogP contribution in [0.5, 0.6) is 5.75 Å². The number of alkyl halides is 3. The quantitative estimate of drug-likeness (QED) is 0.316. The zero-order valence-corrected chi connectivity index (χ0v) is 16.3. The van der Waals surface area contributed by atoms with E-state index in [1.165, 1.54) is 19.1 Å². The van der Waals surface area contributed by atoms with Crippen LogP contribution in [0.15, 0.2) is 24.3 Å². The van der Waals surface area contributed by atoms with Gasteiger partial charge in [0, 0.05) is 5.39 Å². The molecule has 154 valence electrons. The number of carbonyl (C=O) groups excluding carboxylic acids is 1. The maximum absolute atomic E-state index is 13.6. The molecule has 0 spiro atoms. The first-order valence-corrected chi connectivity index (χ1v) is 9.46. The average molecular weight is 422 g/mol. The summed E-state index contributed by atoms with van der Waals surface area (Å²) in [6.07, 6.45) is -0.334. The molecule has 5 nitrogen and oxygen atoms in total. The van der Waals surface area contributed by atoms with Crippen LogP contribution in [0.25, 0.3) is 10.8 Å². The van der Waals surface area contributed by atoms with E-state index < -0.39 is 38.8 Å². The van der Waals surface area contributed by atoms with Crippen LogP contribution in [0.1, 0.15) is 31.9 Å². The molecule has 0 radical (unpaired) electrons. The highest BCUT2D eigenvalue weighted by molar-refractivity contribution is 7.88. The molecule has 0 atom stereocenters. The molecule has 2 rings (SSSR count). The highest BCUT2D eigenvalue weighted by atomic mass is 32.2. The average Bonchev–Trinajstić information content (AvgIpc) is 2.49. The minimum Gasteiger partial charge on any atom is -0.460 e. The maximum atomic E-state index is 13.6. The Morgan fingerprint density at radius 3 is 2.25 bits per heavy atom. The first-order chi connectivity index (χ1) is 12.6. The van der Waals surface area contributed by atoms with Gasteiger partial charge in [0.15, 0.2) is 5.75 Å². The number of benzene rings is 2. The van der Waals surface area contributed by atoms with Gasteiger partial charge < -0.3 is 8.92 Å². The van der Waals surface area contributed by atoms with Gasteiger partial charge >= 0.3 is 21.6 Å². The Morgan fingerprint density at radius 2 is 1.71 bits per heavy atom. The standard InChI is InChI=1S/C18H18F4O5S/c1-10-12(8-15(23)26-17(2,3)4)7-11-5-6-13(19)9-14(11)16(10)27-28(24,25)18(20,21)22/h5-7,9H,8H2,1-4H3. The summed E-state index contributed by atoms with van der Waals surface area (Å²) < 4.78 is 84.4. The van der Waals surface area contributed by atoms with Crippen LogP contribution >= 0.6 is 0 Å². The Labute approximate surface area is 159 Å². The van der Waals surface area contributed by atoms with E-state index in [0.717, 1.165) is 12.1 Å². The topological polar surface area (TPSA) is 69.7 Å². The maximum Gasteiger partial charge on any atom is 0.534 e. The van der Waals surface area contributed by atoms with Gasteiger partial charge in [-0.15, -0.1) is 0 Å². The van der Waals surface area contributed by atoms with Gasteiger partial charge in [0.05, 0.1) is 6.42 Å². The minimum atomic E-state index is -5.99. The molecule has 0 bridgehead atoms. The second-order valence-corrected chi connectivity index (χ2v) is 8.64. The van der Waals surface area contributed by atoms with Gasteiger partial charge in [0.1, 0.15) is 11.4 Å². The molecule has 10 heteroatoms. The van der Waals surface area contributed by atoms with Crippen LogP contribution in [0.3, 0.4) is 0 Å². The number of hydrogen-bond acceptors (Lipinski definition) is 5. The summed E-state index contributed by atoms with van der Waals surface area (Å²) in [4.78, 5) is 12.1. The monoisotopic (exact) mass is 422 g/mol. The number of halogens is 4.